The number of benzene rings is 3. The van der Waals surface area contributed by atoms with Crippen molar-refractivity contribution in [2.45, 2.75) is 37.2 Å². The van der Waals surface area contributed by atoms with Crippen LogP contribution in [-0.2, 0) is 28.3 Å². The molecule has 0 fully saturated rings. The average molecular weight is 537 g/mol. The lowest BCUT2D eigenvalue weighted by atomic mass is 9.98. The fraction of sp³-hybridized carbons (Fsp3) is 0.259. The Morgan fingerprint density at radius 3 is 1.82 bits per heavy atom. The number of alkyl halides is 6. The van der Waals surface area contributed by atoms with Gasteiger partial charge in [-0.1, -0.05) is 48.5 Å². The summed E-state index contributed by atoms with van der Waals surface area (Å²) in [6.07, 6.45) is -12.0. The van der Waals surface area contributed by atoms with Gasteiger partial charge in [-0.25, -0.2) is 9.59 Å². The molecule has 5 nitrogen and oxygen atoms in total. The van der Waals surface area contributed by atoms with Crippen LogP contribution in [0.15, 0.2) is 66.7 Å². The number of carboxylic acid groups (broad SMARTS) is 1. The predicted octanol–water partition coefficient (Wildman–Crippen LogP) is 6.65. The molecule has 0 radical (unpaired) electrons. The zero-order valence-electron chi connectivity index (χ0n) is 19.6. The van der Waals surface area contributed by atoms with Gasteiger partial charge in [0.05, 0.1) is 11.1 Å². The lowest BCUT2D eigenvalue weighted by Gasteiger charge is -2.18. The molecule has 1 unspecified atom stereocenters. The summed E-state index contributed by atoms with van der Waals surface area (Å²) in [6.45, 7) is -0.102. The summed E-state index contributed by atoms with van der Waals surface area (Å²) < 4.78 is 83.9. The normalized spacial score (nSPS) is 13.9. The third-order valence-electron chi connectivity index (χ3n) is 6.30. The highest BCUT2D eigenvalue weighted by atomic mass is 19.4. The van der Waals surface area contributed by atoms with Crippen LogP contribution in [0.3, 0.4) is 0 Å². The molecule has 0 aliphatic heterocycles. The zero-order valence-corrected chi connectivity index (χ0v) is 19.6. The molecule has 0 saturated heterocycles. The summed E-state index contributed by atoms with van der Waals surface area (Å²) in [5.74, 6) is -1.80. The molecule has 0 heterocycles. The van der Waals surface area contributed by atoms with E-state index in [2.05, 4.69) is 5.32 Å². The molecule has 2 N–H and O–H groups in total. The summed E-state index contributed by atoms with van der Waals surface area (Å²) in [7, 11) is 0. The molecule has 1 aliphatic rings. The maximum absolute atomic E-state index is 13.1. The fourth-order valence-corrected chi connectivity index (χ4v) is 4.51. The van der Waals surface area contributed by atoms with Crippen LogP contribution in [0, 0.1) is 0 Å². The molecular weight excluding hydrogens is 516 g/mol. The lowest BCUT2D eigenvalue weighted by molar-refractivity contribution is -0.143. The minimum atomic E-state index is -5.03. The van der Waals surface area contributed by atoms with Gasteiger partial charge in [-0.15, -0.1) is 0 Å². The standard InChI is InChI=1S/C27H21F6NO4/c28-26(29,30)16-11-15(12-17(13-16)27(31,32)33)9-10-23(24(35)36)34-25(37)38-14-22-20-7-3-1-5-18(20)19-6-2-4-8-21(19)22/h1-8,11-13,22-23H,9-10,14H2,(H,34,37)(H,35,36). The number of rotatable bonds is 7. The number of alkyl carbamates (subject to hydrolysis) is 1. The fourth-order valence-electron chi connectivity index (χ4n) is 4.51. The second-order valence-electron chi connectivity index (χ2n) is 8.81. The van der Waals surface area contributed by atoms with Crippen LogP contribution < -0.4 is 5.32 Å². The van der Waals surface area contributed by atoms with Crippen LogP contribution in [0.4, 0.5) is 31.1 Å². The first-order valence-corrected chi connectivity index (χ1v) is 11.5. The van der Waals surface area contributed by atoms with Crippen LogP contribution in [0.5, 0.6) is 0 Å². The van der Waals surface area contributed by atoms with Gasteiger partial charge < -0.3 is 15.2 Å². The van der Waals surface area contributed by atoms with E-state index in [0.29, 0.717) is 12.1 Å². The Morgan fingerprint density at radius 2 is 1.34 bits per heavy atom. The number of carbonyl (C=O) groups is 2. The summed E-state index contributed by atoms with van der Waals surface area (Å²) in [4.78, 5) is 24.1. The Bertz CT molecular complexity index is 1270. The first-order chi connectivity index (χ1) is 17.8. The van der Waals surface area contributed by atoms with Gasteiger partial charge in [0, 0.05) is 5.92 Å². The number of hydrogen-bond donors (Lipinski definition) is 2. The molecule has 3 aromatic rings. The minimum absolute atomic E-state index is 0.00683. The monoisotopic (exact) mass is 537 g/mol. The number of ether oxygens (including phenoxy) is 1. The van der Waals surface area contributed by atoms with E-state index in [1.54, 1.807) is 0 Å². The van der Waals surface area contributed by atoms with Crippen LogP contribution in [-0.4, -0.2) is 29.8 Å². The van der Waals surface area contributed by atoms with Gasteiger partial charge in [-0.2, -0.15) is 26.3 Å². The second kappa shape index (κ2) is 10.4. The first-order valence-electron chi connectivity index (χ1n) is 11.5. The number of aryl methyl sites for hydroxylation is 1. The largest absolute Gasteiger partial charge is 0.480 e. The van der Waals surface area contributed by atoms with E-state index in [4.69, 9.17) is 4.74 Å². The van der Waals surface area contributed by atoms with Crippen LogP contribution in [0.25, 0.3) is 11.1 Å². The molecule has 1 atom stereocenters. The highest BCUT2D eigenvalue weighted by molar-refractivity contribution is 5.81. The van der Waals surface area contributed by atoms with Crippen molar-refractivity contribution in [2.75, 3.05) is 6.61 Å². The molecule has 0 bridgehead atoms. The molecule has 1 aliphatic carbocycles. The van der Waals surface area contributed by atoms with Crippen LogP contribution in [0.2, 0.25) is 0 Å². The Morgan fingerprint density at radius 1 is 0.842 bits per heavy atom. The lowest BCUT2D eigenvalue weighted by Crippen LogP contribution is -2.41. The summed E-state index contributed by atoms with van der Waals surface area (Å²) in [5, 5.41) is 11.6. The molecule has 0 aromatic heterocycles. The maximum Gasteiger partial charge on any atom is 0.416 e. The molecule has 4 rings (SSSR count). The van der Waals surface area contributed by atoms with Crippen molar-refractivity contribution in [3.05, 3.63) is 94.5 Å². The number of amides is 1. The number of hydrogen-bond acceptors (Lipinski definition) is 3. The molecule has 0 spiro atoms. The topological polar surface area (TPSA) is 75.6 Å². The van der Waals surface area contributed by atoms with E-state index < -0.39 is 54.4 Å². The van der Waals surface area contributed by atoms with E-state index in [9.17, 15) is 41.0 Å². The van der Waals surface area contributed by atoms with E-state index in [-0.39, 0.29) is 24.2 Å². The number of carbonyl (C=O) groups excluding carboxylic acids is 1. The third kappa shape index (κ3) is 5.92. The number of carboxylic acids is 1. The Labute approximate surface area is 213 Å². The number of aliphatic carboxylic acids is 1. The molecule has 11 heteroatoms. The van der Waals surface area contributed by atoms with Crippen LogP contribution in [0.1, 0.15) is 40.2 Å². The summed E-state index contributed by atoms with van der Waals surface area (Å²) in [5.41, 5.74) is 0.465. The number of nitrogens with one attached hydrogen (secondary N) is 1. The van der Waals surface area contributed by atoms with Gasteiger partial charge in [0.15, 0.2) is 0 Å². The minimum Gasteiger partial charge on any atom is -0.480 e. The molecule has 1 amide bonds. The second-order valence-corrected chi connectivity index (χ2v) is 8.81. The van der Waals surface area contributed by atoms with Gasteiger partial charge in [-0.3, -0.25) is 0 Å². The first kappa shape index (κ1) is 27.0. The molecular formula is C27H21F6NO4. The zero-order chi connectivity index (χ0) is 27.7. The van der Waals surface area contributed by atoms with Gasteiger partial charge in [0.1, 0.15) is 12.6 Å². The summed E-state index contributed by atoms with van der Waals surface area (Å²) in [6, 6.07) is 14.6. The van der Waals surface area contributed by atoms with Crippen molar-refractivity contribution in [3.63, 3.8) is 0 Å². The Balaban J connectivity index is 1.43. The van der Waals surface area contributed by atoms with E-state index in [0.717, 1.165) is 22.3 Å². The summed E-state index contributed by atoms with van der Waals surface area (Å²) >= 11 is 0. The van der Waals surface area contributed by atoms with Crippen molar-refractivity contribution >= 4 is 12.1 Å². The molecule has 200 valence electrons. The third-order valence-corrected chi connectivity index (χ3v) is 6.30. The molecule has 3 aromatic carbocycles. The van der Waals surface area contributed by atoms with E-state index >= 15 is 0 Å². The predicted molar refractivity (Wildman–Crippen MR) is 124 cm³/mol. The average Bonchev–Trinajstić information content (AvgIpc) is 3.17. The Kier molecular flexibility index (Phi) is 7.39. The molecule has 38 heavy (non-hydrogen) atoms. The SMILES string of the molecule is O=C(NC(CCc1cc(C(F)(F)F)cc(C(F)(F)F)c1)C(=O)O)OCC1c2ccccc2-c2ccccc21. The quantitative estimate of drug-likeness (QED) is 0.331. The molecule has 0 saturated carbocycles. The van der Waals surface area contributed by atoms with Gasteiger partial charge >= 0.3 is 24.4 Å². The van der Waals surface area contributed by atoms with Gasteiger partial charge in [-0.05, 0) is 58.9 Å². The van der Waals surface area contributed by atoms with Crippen molar-refractivity contribution in [3.8, 4) is 11.1 Å². The smallest absolute Gasteiger partial charge is 0.416 e. The van der Waals surface area contributed by atoms with Crippen molar-refractivity contribution in [2.24, 2.45) is 0 Å². The highest BCUT2D eigenvalue weighted by Gasteiger charge is 2.37. The van der Waals surface area contributed by atoms with Crippen molar-refractivity contribution in [1.29, 1.82) is 0 Å². The number of halogens is 6. The van der Waals surface area contributed by atoms with Crippen LogP contribution >= 0.6 is 0 Å². The Hall–Kier alpha value is -4.02. The maximum atomic E-state index is 13.1. The highest BCUT2D eigenvalue weighted by Crippen LogP contribution is 2.44. The van der Waals surface area contributed by atoms with Gasteiger partial charge in [0.2, 0.25) is 0 Å². The van der Waals surface area contributed by atoms with Crippen molar-refractivity contribution < 1.29 is 45.8 Å². The van der Waals surface area contributed by atoms with E-state index in [1.807, 2.05) is 48.5 Å². The number of fused-ring (bicyclic) bond motifs is 3. The van der Waals surface area contributed by atoms with E-state index in [1.165, 1.54) is 0 Å². The van der Waals surface area contributed by atoms with Crippen molar-refractivity contribution in [1.82, 2.24) is 5.32 Å². The van der Waals surface area contributed by atoms with Gasteiger partial charge in [0.25, 0.3) is 0 Å².